The van der Waals surface area contributed by atoms with Crippen molar-refractivity contribution in [3.63, 3.8) is 0 Å². The average molecular weight is 343 g/mol. The Balaban J connectivity index is 2.03. The Morgan fingerprint density at radius 3 is 2.48 bits per heavy atom. The topological polar surface area (TPSA) is 60.9 Å². The lowest BCUT2D eigenvalue weighted by molar-refractivity contribution is -0.132. The number of carbonyl (C=O) groups excluding carboxylic acids is 1. The number of nitrogens with zero attached hydrogens (tertiary/aromatic N) is 3. The van der Waals surface area contributed by atoms with Crippen LogP contribution >= 0.6 is 0 Å². The molecule has 128 valence electrons. The maximum atomic E-state index is 13.3. The van der Waals surface area contributed by atoms with E-state index >= 15 is 0 Å². The number of amides is 1. The molecule has 0 spiro atoms. The van der Waals surface area contributed by atoms with E-state index in [2.05, 4.69) is 4.90 Å². The molecular weight excluding hydrogens is 321 g/mol. The Labute approximate surface area is 136 Å². The highest BCUT2D eigenvalue weighted by atomic mass is 32.2. The Morgan fingerprint density at radius 1 is 1.26 bits per heavy atom. The van der Waals surface area contributed by atoms with Gasteiger partial charge in [0, 0.05) is 39.1 Å². The fraction of sp³-hybridized carbons (Fsp3) is 0.533. The van der Waals surface area contributed by atoms with Gasteiger partial charge in [-0.15, -0.1) is 0 Å². The highest BCUT2D eigenvalue weighted by Gasteiger charge is 2.23. The highest BCUT2D eigenvalue weighted by Crippen LogP contribution is 2.19. The van der Waals surface area contributed by atoms with E-state index in [1.54, 1.807) is 4.90 Å². The first-order valence-corrected chi connectivity index (χ1v) is 9.32. The van der Waals surface area contributed by atoms with Crippen LogP contribution < -0.4 is 4.31 Å². The molecule has 0 N–H and O–H groups in total. The van der Waals surface area contributed by atoms with Crippen LogP contribution in [0.15, 0.2) is 24.3 Å². The van der Waals surface area contributed by atoms with Crippen LogP contribution in [-0.2, 0) is 14.8 Å². The van der Waals surface area contributed by atoms with Gasteiger partial charge in [-0.3, -0.25) is 9.10 Å². The van der Waals surface area contributed by atoms with E-state index in [0.717, 1.165) is 29.7 Å². The van der Waals surface area contributed by atoms with Crippen LogP contribution in [0, 0.1) is 5.82 Å². The third-order valence-corrected chi connectivity index (χ3v) is 5.08. The smallest absolute Gasteiger partial charge is 0.232 e. The Hall–Kier alpha value is -1.67. The number of rotatable bonds is 5. The number of piperazine rings is 1. The van der Waals surface area contributed by atoms with Gasteiger partial charge < -0.3 is 9.80 Å². The van der Waals surface area contributed by atoms with Crippen LogP contribution in [0.5, 0.6) is 0 Å². The summed E-state index contributed by atoms with van der Waals surface area (Å²) >= 11 is 0. The van der Waals surface area contributed by atoms with Crippen LogP contribution in [0.1, 0.15) is 6.42 Å². The zero-order valence-electron chi connectivity index (χ0n) is 13.4. The minimum absolute atomic E-state index is 0.00740. The summed E-state index contributed by atoms with van der Waals surface area (Å²) < 4.78 is 38.3. The summed E-state index contributed by atoms with van der Waals surface area (Å²) in [5.41, 5.74) is 0.235. The molecule has 1 aliphatic heterocycles. The molecule has 1 saturated heterocycles. The van der Waals surface area contributed by atoms with Crippen LogP contribution in [0.2, 0.25) is 0 Å². The van der Waals surface area contributed by atoms with Gasteiger partial charge in [0.1, 0.15) is 5.82 Å². The molecule has 0 aromatic heterocycles. The third kappa shape index (κ3) is 4.90. The second-order valence-corrected chi connectivity index (χ2v) is 7.66. The summed E-state index contributed by atoms with van der Waals surface area (Å²) in [7, 11) is -1.59. The number of hydrogen-bond donors (Lipinski definition) is 0. The number of carbonyl (C=O) groups is 1. The van der Waals surface area contributed by atoms with Gasteiger partial charge >= 0.3 is 0 Å². The number of hydrogen-bond acceptors (Lipinski definition) is 4. The first-order valence-electron chi connectivity index (χ1n) is 7.47. The monoisotopic (exact) mass is 343 g/mol. The molecule has 8 heteroatoms. The Kier molecular flexibility index (Phi) is 5.59. The van der Waals surface area contributed by atoms with Crippen LogP contribution in [-0.4, -0.2) is 70.2 Å². The van der Waals surface area contributed by atoms with Crippen molar-refractivity contribution in [2.75, 3.05) is 50.3 Å². The molecule has 6 nitrogen and oxygen atoms in total. The normalized spacial score (nSPS) is 16.4. The molecule has 1 amide bonds. The molecule has 1 heterocycles. The van der Waals surface area contributed by atoms with Crippen molar-refractivity contribution in [2.45, 2.75) is 6.42 Å². The van der Waals surface area contributed by atoms with E-state index in [0.29, 0.717) is 13.1 Å². The van der Waals surface area contributed by atoms with Crippen LogP contribution in [0.3, 0.4) is 0 Å². The second-order valence-electron chi connectivity index (χ2n) is 5.75. The van der Waals surface area contributed by atoms with E-state index in [1.807, 2.05) is 7.05 Å². The van der Waals surface area contributed by atoms with Gasteiger partial charge in [0.2, 0.25) is 15.9 Å². The van der Waals surface area contributed by atoms with E-state index in [-0.39, 0.29) is 24.6 Å². The van der Waals surface area contributed by atoms with Gasteiger partial charge in [0.25, 0.3) is 0 Å². The third-order valence-electron chi connectivity index (χ3n) is 3.88. The summed E-state index contributed by atoms with van der Waals surface area (Å²) in [6.45, 7) is 2.92. The van der Waals surface area contributed by atoms with Crippen molar-refractivity contribution in [2.24, 2.45) is 0 Å². The fourth-order valence-electron chi connectivity index (χ4n) is 2.53. The summed E-state index contributed by atoms with van der Waals surface area (Å²) in [4.78, 5) is 16.1. The maximum Gasteiger partial charge on any atom is 0.232 e. The summed E-state index contributed by atoms with van der Waals surface area (Å²) in [6, 6.07) is 5.37. The zero-order chi connectivity index (χ0) is 17.0. The molecule has 0 bridgehead atoms. The predicted molar refractivity (Wildman–Crippen MR) is 87.3 cm³/mol. The van der Waals surface area contributed by atoms with Gasteiger partial charge in [-0.25, -0.2) is 12.8 Å². The van der Waals surface area contributed by atoms with Crippen molar-refractivity contribution in [3.8, 4) is 0 Å². The minimum atomic E-state index is -3.58. The summed E-state index contributed by atoms with van der Waals surface area (Å²) in [6.07, 6.45) is 1.13. The number of sulfonamides is 1. The van der Waals surface area contributed by atoms with Gasteiger partial charge in [-0.1, -0.05) is 6.07 Å². The number of benzene rings is 1. The van der Waals surface area contributed by atoms with E-state index in [4.69, 9.17) is 0 Å². The molecule has 1 aromatic rings. The molecule has 1 aromatic carbocycles. The quantitative estimate of drug-likeness (QED) is 0.792. The van der Waals surface area contributed by atoms with Crippen LogP contribution in [0.25, 0.3) is 0 Å². The summed E-state index contributed by atoms with van der Waals surface area (Å²) in [5.74, 6) is -0.593. The Morgan fingerprint density at radius 2 is 1.91 bits per heavy atom. The lowest BCUT2D eigenvalue weighted by Gasteiger charge is -2.33. The first-order chi connectivity index (χ1) is 10.8. The van der Waals surface area contributed by atoms with E-state index in [9.17, 15) is 17.6 Å². The molecule has 0 saturated carbocycles. The SMILES string of the molecule is CN1CCN(C(=O)CCN(c2cccc(F)c2)S(C)(=O)=O)CC1. The van der Waals surface area contributed by atoms with Crippen molar-refractivity contribution >= 4 is 21.6 Å². The molecule has 0 radical (unpaired) electrons. The highest BCUT2D eigenvalue weighted by molar-refractivity contribution is 7.92. The maximum absolute atomic E-state index is 13.3. The molecule has 0 unspecified atom stereocenters. The number of likely N-dealkylation sites (N-methyl/N-ethyl adjacent to an activating group) is 1. The Bertz CT molecular complexity index is 658. The molecule has 0 atom stereocenters. The van der Waals surface area contributed by atoms with Crippen molar-refractivity contribution in [1.82, 2.24) is 9.80 Å². The predicted octanol–water partition coefficient (Wildman–Crippen LogP) is 0.756. The minimum Gasteiger partial charge on any atom is -0.340 e. The van der Waals surface area contributed by atoms with E-state index in [1.165, 1.54) is 18.2 Å². The summed E-state index contributed by atoms with van der Waals surface area (Å²) in [5, 5.41) is 0. The van der Waals surface area contributed by atoms with Gasteiger partial charge in [0.05, 0.1) is 11.9 Å². The molecule has 23 heavy (non-hydrogen) atoms. The van der Waals surface area contributed by atoms with E-state index < -0.39 is 15.8 Å². The van der Waals surface area contributed by atoms with Crippen molar-refractivity contribution < 1.29 is 17.6 Å². The van der Waals surface area contributed by atoms with Gasteiger partial charge in [-0.05, 0) is 25.2 Å². The average Bonchev–Trinajstić information content (AvgIpc) is 2.46. The molecule has 1 fully saturated rings. The first kappa shape index (κ1) is 17.7. The fourth-order valence-corrected chi connectivity index (χ4v) is 3.45. The van der Waals surface area contributed by atoms with Crippen molar-refractivity contribution in [3.05, 3.63) is 30.1 Å². The molecular formula is C15H22FN3O3S. The molecule has 2 rings (SSSR count). The molecule has 1 aliphatic rings. The lowest BCUT2D eigenvalue weighted by atomic mass is 10.2. The standard InChI is InChI=1S/C15H22FN3O3S/c1-17-8-10-18(11-9-17)15(20)6-7-19(23(2,21)22)14-5-3-4-13(16)12-14/h3-5,12H,6-11H2,1-2H3. The molecule has 0 aliphatic carbocycles. The second kappa shape index (κ2) is 7.27. The largest absolute Gasteiger partial charge is 0.340 e. The van der Waals surface area contributed by atoms with Gasteiger partial charge in [-0.2, -0.15) is 0 Å². The number of halogens is 1. The van der Waals surface area contributed by atoms with Gasteiger partial charge in [0.15, 0.2) is 0 Å². The lowest BCUT2D eigenvalue weighted by Crippen LogP contribution is -2.48. The number of anilines is 1. The van der Waals surface area contributed by atoms with Crippen LogP contribution in [0.4, 0.5) is 10.1 Å². The zero-order valence-corrected chi connectivity index (χ0v) is 14.2. The van der Waals surface area contributed by atoms with Crippen molar-refractivity contribution in [1.29, 1.82) is 0 Å².